The van der Waals surface area contributed by atoms with Crippen LogP contribution in [0.4, 0.5) is 0 Å². The minimum Gasteiger partial charge on any atom is -0.396 e. The zero-order chi connectivity index (χ0) is 24.8. The lowest BCUT2D eigenvalue weighted by Crippen LogP contribution is -2.50. The molecule has 0 aromatic heterocycles. The Balaban J connectivity index is 2.44. The number of allylic oxidation sites excluding steroid dienone is 1. The van der Waals surface area contributed by atoms with E-state index in [1.807, 2.05) is 45.9 Å². The fourth-order valence-electron chi connectivity index (χ4n) is 3.82. The van der Waals surface area contributed by atoms with Crippen LogP contribution in [-0.2, 0) is 4.79 Å². The van der Waals surface area contributed by atoms with Crippen LogP contribution in [0.5, 0.6) is 0 Å². The number of nitrogens with one attached hydrogen (secondary N) is 1. The molecule has 6 heteroatoms. The van der Waals surface area contributed by atoms with Crippen molar-refractivity contribution in [1.29, 1.82) is 0 Å². The van der Waals surface area contributed by atoms with E-state index in [1.54, 1.807) is 36.4 Å². The van der Waals surface area contributed by atoms with Crippen molar-refractivity contribution >= 4 is 29.1 Å². The van der Waals surface area contributed by atoms with Crippen LogP contribution in [-0.4, -0.2) is 28.8 Å². The largest absolute Gasteiger partial charge is 0.396 e. The Kier molecular flexibility index (Phi) is 9.57. The first-order chi connectivity index (χ1) is 15.4. The number of aliphatic hydroxyl groups excluding tert-OH is 2. The summed E-state index contributed by atoms with van der Waals surface area (Å²) in [5.74, 6) is -0.548. The molecular weight excluding hydrogens is 457 g/mol. The number of rotatable bonds is 11. The topological polar surface area (TPSA) is 69.6 Å². The fraction of sp³-hybridized carbons (Fsp3) is 0.444. The molecule has 0 aliphatic heterocycles. The number of carbonyl (C=O) groups excluding carboxylic acids is 1. The van der Waals surface area contributed by atoms with Gasteiger partial charge in [-0.3, -0.25) is 4.79 Å². The Morgan fingerprint density at radius 1 is 1.09 bits per heavy atom. The number of halogens is 2. The predicted molar refractivity (Wildman–Crippen MR) is 137 cm³/mol. The predicted octanol–water partition coefficient (Wildman–Crippen LogP) is 6.31. The fourth-order valence-corrected chi connectivity index (χ4v) is 4.14. The van der Waals surface area contributed by atoms with Crippen molar-refractivity contribution in [2.45, 2.75) is 58.6 Å². The average Bonchev–Trinajstić information content (AvgIpc) is 2.77. The third-order valence-electron chi connectivity index (χ3n) is 6.61. The summed E-state index contributed by atoms with van der Waals surface area (Å²) in [4.78, 5) is 13.5. The first-order valence-corrected chi connectivity index (χ1v) is 11.9. The molecule has 0 aliphatic carbocycles. The molecule has 0 unspecified atom stereocenters. The second-order valence-corrected chi connectivity index (χ2v) is 10.6. The molecule has 4 nitrogen and oxygen atoms in total. The van der Waals surface area contributed by atoms with Crippen LogP contribution in [0.25, 0.3) is 0 Å². The van der Waals surface area contributed by atoms with Gasteiger partial charge in [-0.25, -0.2) is 0 Å². The Labute approximate surface area is 207 Å². The third kappa shape index (κ3) is 7.07. The molecule has 0 saturated heterocycles. The van der Waals surface area contributed by atoms with E-state index in [9.17, 15) is 15.0 Å². The number of aliphatic hydroxyl groups is 2. The zero-order valence-corrected chi connectivity index (χ0v) is 21.3. The summed E-state index contributed by atoms with van der Waals surface area (Å²) < 4.78 is 0. The highest BCUT2D eigenvalue weighted by Gasteiger charge is 2.39. The van der Waals surface area contributed by atoms with Gasteiger partial charge in [-0.05, 0) is 55.2 Å². The normalized spacial score (nSPS) is 16.4. The Morgan fingerprint density at radius 3 is 2.27 bits per heavy atom. The maximum absolute atomic E-state index is 13.5. The molecule has 0 saturated carbocycles. The van der Waals surface area contributed by atoms with E-state index in [4.69, 9.17) is 23.2 Å². The summed E-state index contributed by atoms with van der Waals surface area (Å²) in [5, 5.41) is 25.3. The lowest BCUT2D eigenvalue weighted by molar-refractivity contribution is -0.132. The molecule has 3 N–H and O–H groups in total. The standard InChI is InChI=1S/C27H35Cl2NO3/c1-6-14-27(5,25(33)30-18(2)26(3,4)17-31)16-23(20-8-7-9-22(29)15-20)24(32)19-10-12-21(28)13-11-19/h6-13,15,18,23-24,31-32H,1,14,16-17H2,2-5H3,(H,30,33)/t18-,23+,24-,27-/m0/s1. The maximum Gasteiger partial charge on any atom is 0.226 e. The van der Waals surface area contributed by atoms with Crippen LogP contribution in [0, 0.1) is 10.8 Å². The van der Waals surface area contributed by atoms with Crippen LogP contribution in [0.15, 0.2) is 61.2 Å². The molecular formula is C27H35Cl2NO3. The molecule has 0 radical (unpaired) electrons. The molecule has 180 valence electrons. The molecule has 2 aromatic rings. The Bertz CT molecular complexity index is 945. The van der Waals surface area contributed by atoms with E-state index in [0.29, 0.717) is 28.5 Å². The minimum absolute atomic E-state index is 0.0486. The minimum atomic E-state index is -0.871. The molecule has 0 spiro atoms. The molecule has 4 atom stereocenters. The number of benzene rings is 2. The molecule has 1 amide bonds. The van der Waals surface area contributed by atoms with Gasteiger partial charge in [0.05, 0.1) is 18.1 Å². The van der Waals surface area contributed by atoms with Crippen molar-refractivity contribution in [3.8, 4) is 0 Å². The van der Waals surface area contributed by atoms with Gasteiger partial charge in [-0.2, -0.15) is 0 Å². The van der Waals surface area contributed by atoms with Gasteiger partial charge >= 0.3 is 0 Å². The van der Waals surface area contributed by atoms with Gasteiger partial charge in [0.25, 0.3) is 0 Å². The van der Waals surface area contributed by atoms with Gasteiger partial charge in [0.2, 0.25) is 5.91 Å². The molecule has 2 aromatic carbocycles. The van der Waals surface area contributed by atoms with Crippen molar-refractivity contribution < 1.29 is 15.0 Å². The first kappa shape index (κ1) is 27.4. The number of carbonyl (C=O) groups is 1. The van der Waals surface area contributed by atoms with Crippen LogP contribution in [0.3, 0.4) is 0 Å². The van der Waals surface area contributed by atoms with Crippen LogP contribution in [0.2, 0.25) is 10.0 Å². The van der Waals surface area contributed by atoms with Gasteiger partial charge in [0.1, 0.15) is 0 Å². The highest BCUT2D eigenvalue weighted by Crippen LogP contribution is 2.43. The van der Waals surface area contributed by atoms with E-state index in [0.717, 1.165) is 5.56 Å². The van der Waals surface area contributed by atoms with Crippen LogP contribution >= 0.6 is 23.2 Å². The first-order valence-electron chi connectivity index (χ1n) is 11.2. The second-order valence-electron chi connectivity index (χ2n) is 9.76. The molecule has 2 rings (SSSR count). The maximum atomic E-state index is 13.5. The van der Waals surface area contributed by atoms with Crippen molar-refractivity contribution in [2.75, 3.05) is 6.61 Å². The molecule has 0 fully saturated rings. The van der Waals surface area contributed by atoms with E-state index in [1.165, 1.54) is 0 Å². The number of amides is 1. The zero-order valence-electron chi connectivity index (χ0n) is 19.8. The highest BCUT2D eigenvalue weighted by molar-refractivity contribution is 6.30. The molecule has 33 heavy (non-hydrogen) atoms. The average molecular weight is 492 g/mol. The van der Waals surface area contributed by atoms with Crippen molar-refractivity contribution in [1.82, 2.24) is 5.32 Å². The van der Waals surface area contributed by atoms with E-state index < -0.39 is 22.9 Å². The number of hydrogen-bond donors (Lipinski definition) is 3. The van der Waals surface area contributed by atoms with E-state index >= 15 is 0 Å². The van der Waals surface area contributed by atoms with Crippen LogP contribution < -0.4 is 5.32 Å². The van der Waals surface area contributed by atoms with Crippen LogP contribution in [0.1, 0.15) is 63.7 Å². The summed E-state index contributed by atoms with van der Waals surface area (Å²) in [6.45, 7) is 11.4. The monoisotopic (exact) mass is 491 g/mol. The highest BCUT2D eigenvalue weighted by atomic mass is 35.5. The van der Waals surface area contributed by atoms with Gasteiger partial charge in [-0.15, -0.1) is 6.58 Å². The summed E-state index contributed by atoms with van der Waals surface area (Å²) in [5.41, 5.74) is 0.235. The summed E-state index contributed by atoms with van der Waals surface area (Å²) in [7, 11) is 0. The van der Waals surface area contributed by atoms with Gasteiger partial charge in [0, 0.05) is 27.4 Å². The lowest BCUT2D eigenvalue weighted by atomic mass is 9.72. The van der Waals surface area contributed by atoms with Crippen molar-refractivity contribution in [3.63, 3.8) is 0 Å². The smallest absolute Gasteiger partial charge is 0.226 e. The van der Waals surface area contributed by atoms with Crippen molar-refractivity contribution in [3.05, 3.63) is 82.4 Å². The summed E-state index contributed by atoms with van der Waals surface area (Å²) in [6.07, 6.45) is 1.64. The Morgan fingerprint density at radius 2 is 1.73 bits per heavy atom. The van der Waals surface area contributed by atoms with E-state index in [-0.39, 0.29) is 18.6 Å². The van der Waals surface area contributed by atoms with Gasteiger partial charge < -0.3 is 15.5 Å². The molecule has 0 heterocycles. The number of hydrogen-bond acceptors (Lipinski definition) is 3. The Hall–Kier alpha value is -1.85. The van der Waals surface area contributed by atoms with Crippen molar-refractivity contribution in [2.24, 2.45) is 10.8 Å². The summed E-state index contributed by atoms with van der Waals surface area (Å²) in [6, 6.07) is 14.2. The summed E-state index contributed by atoms with van der Waals surface area (Å²) >= 11 is 12.3. The molecule has 0 aliphatic rings. The SMILES string of the molecule is C=CC[C@@](C)(C[C@H](c1cccc(Cl)c1)[C@@H](O)c1ccc(Cl)cc1)C(=O)N[C@@H](C)C(C)(C)CO. The van der Waals surface area contributed by atoms with E-state index in [2.05, 4.69) is 11.9 Å². The third-order valence-corrected chi connectivity index (χ3v) is 7.10. The van der Waals surface area contributed by atoms with Gasteiger partial charge in [0.15, 0.2) is 0 Å². The quantitative estimate of drug-likeness (QED) is 0.322. The lowest BCUT2D eigenvalue weighted by Gasteiger charge is -2.37. The van der Waals surface area contributed by atoms with Gasteiger partial charge in [-0.1, -0.05) is 74.3 Å². The second kappa shape index (κ2) is 11.5. The molecule has 0 bridgehead atoms.